The fourth-order valence-electron chi connectivity index (χ4n) is 7.64. The Bertz CT molecular complexity index is 1750. The fraction of sp³-hybridized carbons (Fsp3) is 0.457. The molecule has 6 aliphatic rings. The molecule has 10 nitrogen and oxygen atoms in total. The molecule has 0 amide bonds. The van der Waals surface area contributed by atoms with Gasteiger partial charge in [-0.15, -0.1) is 5.76 Å². The molecule has 11 heteroatoms. The fourth-order valence-corrected chi connectivity index (χ4v) is 7.64. The van der Waals surface area contributed by atoms with Crippen molar-refractivity contribution in [2.45, 2.75) is 66.9 Å². The van der Waals surface area contributed by atoms with Crippen LogP contribution in [0.5, 0.6) is 0 Å². The third kappa shape index (κ3) is 5.26. The summed E-state index contributed by atoms with van der Waals surface area (Å²) in [4.78, 5) is 39.8. The summed E-state index contributed by atoms with van der Waals surface area (Å²) in [6, 6.07) is 0. The van der Waals surface area contributed by atoms with E-state index in [-0.39, 0.29) is 53.6 Å². The molecule has 1 saturated heterocycles. The van der Waals surface area contributed by atoms with Gasteiger partial charge in [-0.05, 0) is 75.0 Å². The molecule has 6 atom stereocenters. The minimum Gasteiger partial charge on any atom is -0.874 e. The number of ether oxygens (including phenoxy) is 1. The average molecular weight is 635 g/mol. The number of aliphatic hydroxyl groups is 1. The Morgan fingerprint density at radius 1 is 1.04 bits per heavy atom. The number of nitrogens with one attached hydrogen (secondary N) is 1. The smallest absolute Gasteiger partial charge is 0.874 e. The van der Waals surface area contributed by atoms with Crippen molar-refractivity contribution in [1.82, 2.24) is 5.32 Å². The number of rotatable bonds is 6. The first-order chi connectivity index (χ1) is 21.4. The van der Waals surface area contributed by atoms with E-state index in [0.717, 1.165) is 29.0 Å². The normalized spacial score (nSPS) is 28.7. The SMILES string of the molecule is CC[C@H]1C2=CC3=C(C)C4=C([O-])[C@H](C(=O)OC)C(=C5N=C(C=C6N=C(C=C(N2)[C@@H]1C)C(C(C)O)=C6C)[C@@H](C)[C@@H]5CCC(=O)[O-])C4=N3.[Mg+2]. The number of methoxy groups -OCH3 is 1. The number of aliphatic imine (C=N–C) groups is 3. The molecule has 0 radical (unpaired) electrons. The van der Waals surface area contributed by atoms with Crippen LogP contribution in [0, 0.1) is 29.6 Å². The summed E-state index contributed by atoms with van der Waals surface area (Å²) < 4.78 is 5.11. The molecule has 46 heavy (non-hydrogen) atoms. The van der Waals surface area contributed by atoms with Crippen LogP contribution in [0.25, 0.3) is 0 Å². The summed E-state index contributed by atoms with van der Waals surface area (Å²) >= 11 is 0. The number of hydrogen-bond donors (Lipinski definition) is 2. The molecule has 1 aliphatic carbocycles. The molecule has 236 valence electrons. The van der Waals surface area contributed by atoms with Crippen LogP contribution in [0.4, 0.5) is 0 Å². The molecule has 0 spiro atoms. The number of carboxylic acids is 1. The van der Waals surface area contributed by atoms with Crippen molar-refractivity contribution >= 4 is 52.1 Å². The average Bonchev–Trinajstić information content (AvgIpc) is 3.72. The van der Waals surface area contributed by atoms with Crippen LogP contribution in [-0.2, 0) is 14.3 Å². The van der Waals surface area contributed by atoms with Gasteiger partial charge in [-0.25, -0.2) is 9.98 Å². The molecule has 5 aliphatic heterocycles. The Labute approximate surface area is 285 Å². The molecule has 8 bridgehead atoms. The van der Waals surface area contributed by atoms with E-state index in [0.29, 0.717) is 50.9 Å². The molecule has 0 aromatic rings. The summed E-state index contributed by atoms with van der Waals surface area (Å²) in [5, 5.41) is 40.0. The minimum absolute atomic E-state index is 0. The van der Waals surface area contributed by atoms with Crippen molar-refractivity contribution < 1.29 is 29.6 Å². The van der Waals surface area contributed by atoms with E-state index < -0.39 is 35.6 Å². The monoisotopic (exact) mass is 634 g/mol. The van der Waals surface area contributed by atoms with Crippen LogP contribution in [0.1, 0.15) is 60.8 Å². The predicted octanol–water partition coefficient (Wildman–Crippen LogP) is 2.33. The first kappa shape index (κ1) is 33.8. The Balaban J connectivity index is 0.00000417. The van der Waals surface area contributed by atoms with Gasteiger partial charge in [0.15, 0.2) is 0 Å². The number of fused-ring (bicyclic) bond motifs is 5. The van der Waals surface area contributed by atoms with Crippen LogP contribution in [0.2, 0.25) is 0 Å². The van der Waals surface area contributed by atoms with Gasteiger partial charge in [-0.3, -0.25) is 9.79 Å². The van der Waals surface area contributed by atoms with E-state index in [9.17, 15) is 24.9 Å². The molecule has 6 rings (SSSR count). The van der Waals surface area contributed by atoms with Gasteiger partial charge in [0.2, 0.25) is 0 Å². The summed E-state index contributed by atoms with van der Waals surface area (Å²) in [5.41, 5.74) is 8.33. The van der Waals surface area contributed by atoms with E-state index in [1.165, 1.54) is 7.11 Å². The quantitative estimate of drug-likeness (QED) is 0.335. The Morgan fingerprint density at radius 3 is 2.39 bits per heavy atom. The van der Waals surface area contributed by atoms with Crippen LogP contribution in [0.15, 0.2) is 95.3 Å². The molecular weight excluding hydrogens is 597 g/mol. The molecule has 0 aromatic carbocycles. The van der Waals surface area contributed by atoms with Gasteiger partial charge >= 0.3 is 29.0 Å². The van der Waals surface area contributed by atoms with Crippen molar-refractivity contribution in [2.75, 3.05) is 7.11 Å². The number of carboxylic acid groups (broad SMARTS) is 1. The summed E-state index contributed by atoms with van der Waals surface area (Å²) in [6.45, 7) is 11.7. The molecule has 0 saturated carbocycles. The van der Waals surface area contributed by atoms with Gasteiger partial charge in [0.25, 0.3) is 0 Å². The number of hydrogen-bond acceptors (Lipinski definition) is 10. The first-order valence-corrected chi connectivity index (χ1v) is 15.6. The van der Waals surface area contributed by atoms with Crippen LogP contribution in [0.3, 0.4) is 0 Å². The Hall–Kier alpha value is -3.54. The van der Waals surface area contributed by atoms with Gasteiger partial charge in [-0.1, -0.05) is 20.8 Å². The van der Waals surface area contributed by atoms with Gasteiger partial charge in [0.1, 0.15) is 0 Å². The number of allylic oxidation sites excluding steroid dienone is 9. The molecule has 5 heterocycles. The Morgan fingerprint density at radius 2 is 1.76 bits per heavy atom. The second kappa shape index (κ2) is 12.6. The Kier molecular flexibility index (Phi) is 9.24. The third-order valence-corrected chi connectivity index (χ3v) is 10.1. The van der Waals surface area contributed by atoms with Crippen molar-refractivity contribution in [3.63, 3.8) is 0 Å². The maximum atomic E-state index is 14.0. The zero-order valence-electron chi connectivity index (χ0n) is 27.4. The minimum atomic E-state index is -1.25. The van der Waals surface area contributed by atoms with E-state index >= 15 is 0 Å². The van der Waals surface area contributed by atoms with Crippen LogP contribution >= 0.6 is 0 Å². The van der Waals surface area contributed by atoms with Crippen molar-refractivity contribution in [1.29, 1.82) is 0 Å². The first-order valence-electron chi connectivity index (χ1n) is 15.6. The standard InChI is InChI=1S/C35H40N4O6.Mg/c1-8-19-14(2)21-13-26-28(18(6)40)16(4)23(37-26)11-22-15(3)20(9-10-27(41)42)32(38-22)30-31(35(44)45-7)34(43)29-17(5)24(39-33(29)30)12-25(19)36-21;/h11-15,18-20,31,36,40,43H,8-10H2,1-7H3,(H,41,42);/q;+2/p-2/t14-,15+,18?,19-,20+,31-;/m1./s1. The summed E-state index contributed by atoms with van der Waals surface area (Å²) in [6.07, 6.45) is 5.92. The summed E-state index contributed by atoms with van der Waals surface area (Å²) in [5.74, 6) is -3.96. The second-order valence-corrected chi connectivity index (χ2v) is 12.7. The van der Waals surface area contributed by atoms with Crippen molar-refractivity contribution in [3.05, 3.63) is 80.3 Å². The van der Waals surface area contributed by atoms with Gasteiger partial charge in [0, 0.05) is 57.9 Å². The van der Waals surface area contributed by atoms with Gasteiger partial charge < -0.3 is 30.2 Å². The van der Waals surface area contributed by atoms with E-state index in [4.69, 9.17) is 19.7 Å². The zero-order valence-corrected chi connectivity index (χ0v) is 28.8. The molecule has 2 N–H and O–H groups in total. The molecule has 0 aromatic heterocycles. The predicted molar refractivity (Wildman–Crippen MR) is 172 cm³/mol. The largest absolute Gasteiger partial charge is 2.00 e. The molecule has 1 fully saturated rings. The second-order valence-electron chi connectivity index (χ2n) is 12.7. The number of carbonyl (C=O) groups is 2. The maximum Gasteiger partial charge on any atom is 2.00 e. The third-order valence-electron chi connectivity index (χ3n) is 10.1. The van der Waals surface area contributed by atoms with Crippen molar-refractivity contribution in [2.24, 2.45) is 44.6 Å². The summed E-state index contributed by atoms with van der Waals surface area (Å²) in [7, 11) is 1.24. The number of aliphatic hydroxyl groups excluding tert-OH is 1. The number of esters is 1. The number of carbonyl (C=O) groups excluding carboxylic acids is 2. The van der Waals surface area contributed by atoms with Crippen molar-refractivity contribution in [3.8, 4) is 0 Å². The van der Waals surface area contributed by atoms with Gasteiger partial charge in [0.05, 0.1) is 47.6 Å². The number of nitrogens with zero attached hydrogens (tertiary/aromatic N) is 3. The van der Waals surface area contributed by atoms with E-state index in [1.807, 2.05) is 39.0 Å². The van der Waals surface area contributed by atoms with Crippen LogP contribution in [-0.4, -0.2) is 70.4 Å². The van der Waals surface area contributed by atoms with E-state index in [1.54, 1.807) is 6.92 Å². The maximum absolute atomic E-state index is 14.0. The molecular formula is C35H38MgN4O6. The van der Waals surface area contributed by atoms with E-state index in [2.05, 4.69) is 19.2 Å². The molecule has 1 unspecified atom stereocenters. The topological polar surface area (TPSA) is 159 Å². The van der Waals surface area contributed by atoms with Crippen LogP contribution < -0.4 is 15.5 Å². The van der Waals surface area contributed by atoms with Gasteiger partial charge in [-0.2, -0.15) is 0 Å². The zero-order chi connectivity index (χ0) is 32.5. The number of aliphatic carboxylic acids is 1.